The molecule has 0 fully saturated rings. The molecule has 0 aliphatic carbocycles. The minimum atomic E-state index is -4.12. The summed E-state index contributed by atoms with van der Waals surface area (Å²) in [7, 11) is -2.95. The van der Waals surface area contributed by atoms with Crippen LogP contribution in [0.4, 0.5) is 5.69 Å². The molecule has 0 bridgehead atoms. The monoisotopic (exact) mass is 407 g/mol. The molecule has 24 heavy (non-hydrogen) atoms. The summed E-state index contributed by atoms with van der Waals surface area (Å²) in [5.41, 5.74) is 0.149. The first kappa shape index (κ1) is 18.9. The molecule has 0 amide bonds. The van der Waals surface area contributed by atoms with E-state index in [1.807, 2.05) is 0 Å². The summed E-state index contributed by atoms with van der Waals surface area (Å²) in [5.74, 6) is -0.737. The summed E-state index contributed by atoms with van der Waals surface area (Å²) in [6.45, 7) is -0.539. The maximum atomic E-state index is 13.0. The number of sulfonamides is 1. The molecule has 2 aromatic rings. The van der Waals surface area contributed by atoms with Gasteiger partial charge in [0.2, 0.25) is 0 Å². The maximum absolute atomic E-state index is 13.0. The van der Waals surface area contributed by atoms with Crippen molar-refractivity contribution in [3.63, 3.8) is 0 Å². The van der Waals surface area contributed by atoms with E-state index >= 15 is 0 Å². The highest BCUT2D eigenvalue weighted by molar-refractivity contribution is 7.92. The number of carbonyl (C=O) groups is 1. The van der Waals surface area contributed by atoms with Crippen LogP contribution in [-0.2, 0) is 19.6 Å². The largest absolute Gasteiger partial charge is 0.468 e. The molecule has 0 heterocycles. The number of hydrogen-bond donors (Lipinski definition) is 0. The van der Waals surface area contributed by atoms with E-state index in [4.69, 9.17) is 34.8 Å². The summed E-state index contributed by atoms with van der Waals surface area (Å²) in [5, 5.41) is 0.466. The van der Waals surface area contributed by atoms with Crippen molar-refractivity contribution in [3.05, 3.63) is 57.5 Å². The Morgan fingerprint density at radius 3 is 2.29 bits per heavy atom. The number of para-hydroxylation sites is 1. The Kier molecular flexibility index (Phi) is 5.98. The summed E-state index contributed by atoms with van der Waals surface area (Å²) < 4.78 is 31.4. The maximum Gasteiger partial charge on any atom is 0.326 e. The van der Waals surface area contributed by atoms with E-state index in [0.717, 1.165) is 4.31 Å². The van der Waals surface area contributed by atoms with Crippen molar-refractivity contribution in [2.24, 2.45) is 0 Å². The average Bonchev–Trinajstić information content (AvgIpc) is 2.55. The van der Waals surface area contributed by atoms with Crippen molar-refractivity contribution in [2.75, 3.05) is 18.0 Å². The van der Waals surface area contributed by atoms with E-state index in [-0.39, 0.29) is 25.7 Å². The molecule has 0 unspecified atom stereocenters. The van der Waals surface area contributed by atoms with Gasteiger partial charge in [0, 0.05) is 0 Å². The van der Waals surface area contributed by atoms with Gasteiger partial charge >= 0.3 is 5.97 Å². The van der Waals surface area contributed by atoms with Crippen molar-refractivity contribution in [2.45, 2.75) is 4.90 Å². The molecule has 0 N–H and O–H groups in total. The quantitative estimate of drug-likeness (QED) is 0.701. The molecule has 128 valence electrons. The van der Waals surface area contributed by atoms with Crippen LogP contribution in [0.3, 0.4) is 0 Å². The molecular weight excluding hydrogens is 397 g/mol. The second kappa shape index (κ2) is 7.61. The second-order valence-electron chi connectivity index (χ2n) is 4.62. The van der Waals surface area contributed by atoms with Crippen LogP contribution in [-0.4, -0.2) is 28.0 Å². The Balaban J connectivity index is 2.59. The molecule has 5 nitrogen and oxygen atoms in total. The van der Waals surface area contributed by atoms with Crippen molar-refractivity contribution >= 4 is 56.5 Å². The SMILES string of the molecule is COC(=O)CN(c1ccccc1Cl)S(=O)(=O)c1ccc(Cl)c(Cl)c1. The fraction of sp³-hybridized carbons (Fsp3) is 0.133. The number of anilines is 1. The Morgan fingerprint density at radius 1 is 1.04 bits per heavy atom. The summed E-state index contributed by atoms with van der Waals surface area (Å²) >= 11 is 17.8. The minimum Gasteiger partial charge on any atom is -0.468 e. The number of esters is 1. The summed E-state index contributed by atoms with van der Waals surface area (Å²) in [6.07, 6.45) is 0. The van der Waals surface area contributed by atoms with E-state index < -0.39 is 22.5 Å². The van der Waals surface area contributed by atoms with Crippen molar-refractivity contribution < 1.29 is 17.9 Å². The number of carbonyl (C=O) groups excluding carboxylic acids is 1. The highest BCUT2D eigenvalue weighted by Gasteiger charge is 2.29. The molecule has 2 rings (SSSR count). The van der Waals surface area contributed by atoms with Crippen LogP contribution in [0, 0.1) is 0 Å². The molecule has 0 saturated carbocycles. The zero-order valence-electron chi connectivity index (χ0n) is 12.4. The van der Waals surface area contributed by atoms with Gasteiger partial charge in [0.05, 0.1) is 32.8 Å². The molecule has 0 radical (unpaired) electrons. The van der Waals surface area contributed by atoms with Gasteiger partial charge in [-0.1, -0.05) is 46.9 Å². The zero-order chi connectivity index (χ0) is 17.9. The zero-order valence-corrected chi connectivity index (χ0v) is 15.5. The molecular formula is C15H12Cl3NO4S. The van der Waals surface area contributed by atoms with Crippen LogP contribution < -0.4 is 4.31 Å². The van der Waals surface area contributed by atoms with Gasteiger partial charge in [0.15, 0.2) is 0 Å². The topological polar surface area (TPSA) is 63.7 Å². The van der Waals surface area contributed by atoms with Gasteiger partial charge in [0.1, 0.15) is 6.54 Å². The van der Waals surface area contributed by atoms with E-state index in [9.17, 15) is 13.2 Å². The summed E-state index contributed by atoms with van der Waals surface area (Å²) in [6, 6.07) is 10.1. The molecule has 0 saturated heterocycles. The van der Waals surface area contributed by atoms with Gasteiger partial charge in [-0.3, -0.25) is 9.10 Å². The number of benzene rings is 2. The third-order valence-corrected chi connectivity index (χ3v) is 5.91. The van der Waals surface area contributed by atoms with Crippen LogP contribution in [0.1, 0.15) is 0 Å². The Hall–Kier alpha value is -1.47. The lowest BCUT2D eigenvalue weighted by Gasteiger charge is -2.24. The van der Waals surface area contributed by atoms with Gasteiger partial charge in [0.25, 0.3) is 10.0 Å². The standard InChI is InChI=1S/C15H12Cl3NO4S/c1-23-15(20)9-19(14-5-3-2-4-12(14)17)24(21,22)10-6-7-11(16)13(18)8-10/h2-8H,9H2,1H3. The number of halogens is 3. The molecule has 2 aromatic carbocycles. The molecule has 0 aliphatic heterocycles. The molecule has 0 spiro atoms. The molecule has 9 heteroatoms. The fourth-order valence-corrected chi connectivity index (χ4v) is 4.01. The van der Waals surface area contributed by atoms with E-state index in [2.05, 4.69) is 4.74 Å². The summed E-state index contributed by atoms with van der Waals surface area (Å²) in [4.78, 5) is 11.6. The van der Waals surface area contributed by atoms with E-state index in [0.29, 0.717) is 0 Å². The third kappa shape index (κ3) is 3.95. The number of nitrogens with zero attached hydrogens (tertiary/aromatic N) is 1. The van der Waals surface area contributed by atoms with Gasteiger partial charge in [-0.2, -0.15) is 0 Å². The molecule has 0 aromatic heterocycles. The van der Waals surface area contributed by atoms with Crippen LogP contribution in [0.2, 0.25) is 15.1 Å². The van der Waals surface area contributed by atoms with Gasteiger partial charge in [-0.05, 0) is 30.3 Å². The second-order valence-corrected chi connectivity index (χ2v) is 7.70. The first-order chi connectivity index (χ1) is 11.3. The highest BCUT2D eigenvalue weighted by atomic mass is 35.5. The van der Waals surface area contributed by atoms with E-state index in [1.54, 1.807) is 12.1 Å². The molecule has 0 aliphatic rings. The number of methoxy groups -OCH3 is 1. The van der Waals surface area contributed by atoms with Gasteiger partial charge in [-0.15, -0.1) is 0 Å². The normalized spacial score (nSPS) is 11.2. The lowest BCUT2D eigenvalue weighted by Crippen LogP contribution is -2.36. The van der Waals surface area contributed by atoms with Crippen molar-refractivity contribution in [3.8, 4) is 0 Å². The number of ether oxygens (including phenoxy) is 1. The average molecular weight is 409 g/mol. The Morgan fingerprint density at radius 2 is 1.71 bits per heavy atom. The predicted octanol–water partition coefficient (Wildman–Crippen LogP) is 4.02. The van der Waals surface area contributed by atoms with Crippen molar-refractivity contribution in [1.29, 1.82) is 0 Å². The van der Waals surface area contributed by atoms with E-state index in [1.165, 1.54) is 37.4 Å². The van der Waals surface area contributed by atoms with Crippen LogP contribution in [0.5, 0.6) is 0 Å². The van der Waals surface area contributed by atoms with Crippen LogP contribution in [0.15, 0.2) is 47.4 Å². The lowest BCUT2D eigenvalue weighted by molar-refractivity contribution is -0.138. The Bertz CT molecular complexity index is 871. The smallest absolute Gasteiger partial charge is 0.326 e. The van der Waals surface area contributed by atoms with Gasteiger partial charge in [-0.25, -0.2) is 8.42 Å². The highest BCUT2D eigenvalue weighted by Crippen LogP contribution is 2.32. The first-order valence-corrected chi connectivity index (χ1v) is 9.14. The number of hydrogen-bond acceptors (Lipinski definition) is 4. The molecule has 0 atom stereocenters. The van der Waals surface area contributed by atoms with Crippen molar-refractivity contribution in [1.82, 2.24) is 0 Å². The first-order valence-electron chi connectivity index (χ1n) is 6.56. The van der Waals surface area contributed by atoms with Crippen LogP contribution in [0.25, 0.3) is 0 Å². The predicted molar refractivity (Wildman–Crippen MR) is 94.5 cm³/mol. The minimum absolute atomic E-state index is 0.0786. The fourth-order valence-electron chi connectivity index (χ4n) is 1.90. The Labute approximate surface area is 154 Å². The third-order valence-electron chi connectivity index (χ3n) is 3.10. The van der Waals surface area contributed by atoms with Gasteiger partial charge < -0.3 is 4.74 Å². The van der Waals surface area contributed by atoms with Crippen LogP contribution >= 0.6 is 34.8 Å². The lowest BCUT2D eigenvalue weighted by atomic mass is 10.3. The number of rotatable bonds is 5.